The van der Waals surface area contributed by atoms with Crippen LogP contribution in [0.5, 0.6) is 11.5 Å². The Bertz CT molecular complexity index is 951. The number of hydrogen-bond donors (Lipinski definition) is 1. The largest absolute Gasteiger partial charge is 0.497 e. The SMILES string of the molecule is COc1ccc(OC)c(CN(CC(=O)N(C)CC(=O)Nc2c(C)cccc2C)C2CC2)c1. The third-order valence-corrected chi connectivity index (χ3v) is 5.81. The van der Waals surface area contributed by atoms with Crippen molar-refractivity contribution in [2.45, 2.75) is 39.3 Å². The lowest BCUT2D eigenvalue weighted by atomic mass is 10.1. The zero-order chi connectivity index (χ0) is 23.3. The minimum atomic E-state index is -0.203. The van der Waals surface area contributed by atoms with Gasteiger partial charge in [-0.2, -0.15) is 0 Å². The van der Waals surface area contributed by atoms with Crippen LogP contribution < -0.4 is 14.8 Å². The summed E-state index contributed by atoms with van der Waals surface area (Å²) in [5.74, 6) is 1.23. The lowest BCUT2D eigenvalue weighted by molar-refractivity contribution is -0.134. The molecule has 0 heterocycles. The predicted octanol–water partition coefficient (Wildman–Crippen LogP) is 3.38. The van der Waals surface area contributed by atoms with Crippen molar-refractivity contribution >= 4 is 17.5 Å². The van der Waals surface area contributed by atoms with Gasteiger partial charge in [0, 0.05) is 30.9 Å². The van der Waals surface area contributed by atoms with Crippen LogP contribution in [-0.4, -0.2) is 62.0 Å². The Labute approximate surface area is 190 Å². The number of aryl methyl sites for hydroxylation is 2. The maximum atomic E-state index is 12.9. The highest BCUT2D eigenvalue weighted by Gasteiger charge is 2.32. The zero-order valence-electron chi connectivity index (χ0n) is 19.6. The van der Waals surface area contributed by atoms with Gasteiger partial charge in [0.1, 0.15) is 11.5 Å². The van der Waals surface area contributed by atoms with Crippen LogP contribution in [0.25, 0.3) is 0 Å². The van der Waals surface area contributed by atoms with Crippen LogP contribution in [-0.2, 0) is 16.1 Å². The van der Waals surface area contributed by atoms with Crippen molar-refractivity contribution in [3.63, 3.8) is 0 Å². The maximum absolute atomic E-state index is 12.9. The lowest BCUT2D eigenvalue weighted by Crippen LogP contribution is -2.42. The summed E-state index contributed by atoms with van der Waals surface area (Å²) < 4.78 is 10.8. The third-order valence-electron chi connectivity index (χ3n) is 5.81. The van der Waals surface area contributed by atoms with Gasteiger partial charge in [-0.3, -0.25) is 14.5 Å². The summed E-state index contributed by atoms with van der Waals surface area (Å²) in [5, 5.41) is 2.94. The first-order valence-electron chi connectivity index (χ1n) is 10.9. The Morgan fingerprint density at radius 2 is 1.72 bits per heavy atom. The normalized spacial score (nSPS) is 13.1. The minimum absolute atomic E-state index is 0.00753. The average molecular weight is 440 g/mol. The van der Waals surface area contributed by atoms with Gasteiger partial charge < -0.3 is 19.7 Å². The Hall–Kier alpha value is -3.06. The van der Waals surface area contributed by atoms with E-state index >= 15 is 0 Å². The number of nitrogens with one attached hydrogen (secondary N) is 1. The summed E-state index contributed by atoms with van der Waals surface area (Å²) in [5.41, 5.74) is 3.78. The summed E-state index contributed by atoms with van der Waals surface area (Å²) in [6.07, 6.45) is 2.13. The molecule has 1 fully saturated rings. The molecule has 32 heavy (non-hydrogen) atoms. The summed E-state index contributed by atoms with van der Waals surface area (Å²) in [7, 11) is 4.94. The van der Waals surface area contributed by atoms with E-state index in [4.69, 9.17) is 9.47 Å². The number of rotatable bonds is 10. The summed E-state index contributed by atoms with van der Waals surface area (Å²) in [6, 6.07) is 11.9. The number of methoxy groups -OCH3 is 2. The fourth-order valence-corrected chi connectivity index (χ4v) is 3.77. The van der Waals surface area contributed by atoms with Crippen molar-refractivity contribution < 1.29 is 19.1 Å². The number of carbonyl (C=O) groups is 2. The highest BCUT2D eigenvalue weighted by molar-refractivity contribution is 5.95. The first-order valence-corrected chi connectivity index (χ1v) is 10.9. The molecule has 0 aromatic heterocycles. The van der Waals surface area contributed by atoms with Crippen molar-refractivity contribution in [1.82, 2.24) is 9.80 Å². The van der Waals surface area contributed by atoms with E-state index in [-0.39, 0.29) is 24.9 Å². The van der Waals surface area contributed by atoms with Crippen molar-refractivity contribution in [1.29, 1.82) is 0 Å². The molecule has 7 nitrogen and oxygen atoms in total. The molecule has 0 bridgehead atoms. The number of likely N-dealkylation sites (N-methyl/N-ethyl adjacent to an activating group) is 1. The molecule has 0 radical (unpaired) electrons. The number of ether oxygens (including phenoxy) is 2. The molecule has 1 N–H and O–H groups in total. The summed E-state index contributed by atoms with van der Waals surface area (Å²) >= 11 is 0. The number of benzene rings is 2. The van der Waals surface area contributed by atoms with Crippen molar-refractivity contribution in [2.24, 2.45) is 0 Å². The molecule has 1 aliphatic rings. The van der Waals surface area contributed by atoms with Crippen molar-refractivity contribution in [3.8, 4) is 11.5 Å². The van der Waals surface area contributed by atoms with Crippen molar-refractivity contribution in [2.75, 3.05) is 39.7 Å². The molecule has 0 atom stereocenters. The van der Waals surface area contributed by atoms with Crippen LogP contribution in [0, 0.1) is 13.8 Å². The zero-order valence-corrected chi connectivity index (χ0v) is 19.6. The molecule has 2 aromatic carbocycles. The molecule has 0 aliphatic heterocycles. The Balaban J connectivity index is 1.62. The molecule has 3 rings (SSSR count). The van der Waals surface area contributed by atoms with Crippen LogP contribution in [0.1, 0.15) is 29.5 Å². The smallest absolute Gasteiger partial charge is 0.243 e. The molecule has 2 amide bonds. The third kappa shape index (κ3) is 6.01. The van der Waals surface area contributed by atoms with Gasteiger partial charge in [-0.1, -0.05) is 18.2 Å². The van der Waals surface area contributed by atoms with E-state index in [1.807, 2.05) is 50.2 Å². The van der Waals surface area contributed by atoms with Gasteiger partial charge in [-0.05, 0) is 56.0 Å². The van der Waals surface area contributed by atoms with E-state index in [1.54, 1.807) is 21.3 Å². The molecular weight excluding hydrogens is 406 g/mol. The molecule has 2 aromatic rings. The van der Waals surface area contributed by atoms with Crippen LogP contribution in [0.2, 0.25) is 0 Å². The van der Waals surface area contributed by atoms with E-state index in [0.717, 1.165) is 46.7 Å². The molecule has 0 spiro atoms. The van der Waals surface area contributed by atoms with Gasteiger partial charge in [0.15, 0.2) is 0 Å². The second kappa shape index (κ2) is 10.5. The monoisotopic (exact) mass is 439 g/mol. The number of amides is 2. The van der Waals surface area contributed by atoms with E-state index in [1.165, 1.54) is 4.90 Å². The lowest BCUT2D eigenvalue weighted by Gasteiger charge is -2.26. The Morgan fingerprint density at radius 3 is 2.31 bits per heavy atom. The van der Waals surface area contributed by atoms with Gasteiger partial charge >= 0.3 is 0 Å². The summed E-state index contributed by atoms with van der Waals surface area (Å²) in [4.78, 5) is 29.1. The second-order valence-corrected chi connectivity index (χ2v) is 8.38. The van der Waals surface area contributed by atoms with Crippen molar-refractivity contribution in [3.05, 3.63) is 53.1 Å². The highest BCUT2D eigenvalue weighted by Crippen LogP contribution is 2.31. The number of anilines is 1. The molecular formula is C25H33N3O4. The molecule has 0 unspecified atom stereocenters. The average Bonchev–Trinajstić information content (AvgIpc) is 3.61. The number of hydrogen-bond acceptors (Lipinski definition) is 5. The van der Waals surface area contributed by atoms with Crippen LogP contribution in [0.15, 0.2) is 36.4 Å². The molecule has 1 aliphatic carbocycles. The van der Waals surface area contributed by atoms with Gasteiger partial charge in [0.25, 0.3) is 0 Å². The van der Waals surface area contributed by atoms with Gasteiger partial charge in [0.05, 0.1) is 27.3 Å². The topological polar surface area (TPSA) is 71.1 Å². The molecule has 7 heteroatoms. The summed E-state index contributed by atoms with van der Waals surface area (Å²) in [6.45, 7) is 4.75. The number of nitrogens with zero attached hydrogens (tertiary/aromatic N) is 2. The van der Waals surface area contributed by atoms with E-state index in [2.05, 4.69) is 10.2 Å². The quantitative estimate of drug-likeness (QED) is 0.615. The molecule has 172 valence electrons. The predicted molar refractivity (Wildman–Crippen MR) is 125 cm³/mol. The van der Waals surface area contributed by atoms with Gasteiger partial charge in [-0.25, -0.2) is 0 Å². The number of para-hydroxylation sites is 1. The van der Waals surface area contributed by atoms with Crippen LogP contribution in [0.4, 0.5) is 5.69 Å². The first-order chi connectivity index (χ1) is 15.3. The Morgan fingerprint density at radius 1 is 1.03 bits per heavy atom. The van der Waals surface area contributed by atoms with Gasteiger partial charge in [-0.15, -0.1) is 0 Å². The fraction of sp³-hybridized carbons (Fsp3) is 0.440. The Kier molecular flexibility index (Phi) is 7.75. The minimum Gasteiger partial charge on any atom is -0.497 e. The number of carbonyl (C=O) groups excluding carboxylic acids is 2. The maximum Gasteiger partial charge on any atom is 0.243 e. The molecule has 0 saturated heterocycles. The first kappa shape index (κ1) is 23.6. The van der Waals surface area contributed by atoms with E-state index in [9.17, 15) is 9.59 Å². The molecule has 1 saturated carbocycles. The van der Waals surface area contributed by atoms with Gasteiger partial charge in [0.2, 0.25) is 11.8 Å². The van der Waals surface area contributed by atoms with E-state index in [0.29, 0.717) is 12.6 Å². The second-order valence-electron chi connectivity index (χ2n) is 8.38. The highest BCUT2D eigenvalue weighted by atomic mass is 16.5. The van der Waals surface area contributed by atoms with Crippen LogP contribution in [0.3, 0.4) is 0 Å². The van der Waals surface area contributed by atoms with E-state index < -0.39 is 0 Å². The standard InChI is InChI=1S/C25H33N3O4/c1-17-7-6-8-18(2)25(17)26-23(29)15-27(3)24(30)16-28(20-9-10-20)14-19-13-21(31-4)11-12-22(19)32-5/h6-8,11-13,20H,9-10,14-16H2,1-5H3,(H,26,29). The fourth-order valence-electron chi connectivity index (χ4n) is 3.77. The van der Waals surface area contributed by atoms with Crippen LogP contribution >= 0.6 is 0 Å².